The summed E-state index contributed by atoms with van der Waals surface area (Å²) in [5.74, 6) is 1.59. The number of anilines is 2. The van der Waals surface area contributed by atoms with E-state index in [-0.39, 0.29) is 24.8 Å². The van der Waals surface area contributed by atoms with Gasteiger partial charge < -0.3 is 25.6 Å². The zero-order chi connectivity index (χ0) is 39.5. The van der Waals surface area contributed by atoms with Crippen molar-refractivity contribution in [3.05, 3.63) is 89.5 Å². The quantitative estimate of drug-likeness (QED) is 0.212. The minimum atomic E-state index is -0.961. The van der Waals surface area contributed by atoms with E-state index in [9.17, 15) is 19.2 Å². The molecule has 10 rings (SSSR count). The van der Waals surface area contributed by atoms with E-state index in [0.29, 0.717) is 35.6 Å². The first kappa shape index (κ1) is 36.3. The number of para-hydroxylation sites is 1. The molecule has 0 radical (unpaired) electrons. The molecule has 3 aromatic carbocycles. The average molecular weight is 783 g/mol. The van der Waals surface area contributed by atoms with E-state index >= 15 is 0 Å². The van der Waals surface area contributed by atoms with Gasteiger partial charge in [0, 0.05) is 68.9 Å². The van der Waals surface area contributed by atoms with Gasteiger partial charge in [0.2, 0.25) is 11.8 Å². The van der Waals surface area contributed by atoms with Gasteiger partial charge in [-0.25, -0.2) is 9.67 Å². The molecule has 4 N–H and O–H groups in total. The number of carbonyl (C=O) groups excluding carboxylic acids is 4. The fourth-order valence-electron chi connectivity index (χ4n) is 9.59. The van der Waals surface area contributed by atoms with Crippen molar-refractivity contribution in [2.24, 2.45) is 16.6 Å². The number of hydrogen-bond acceptors (Lipinski definition) is 12. The summed E-state index contributed by atoms with van der Waals surface area (Å²) in [6.07, 6.45) is 3.41. The summed E-state index contributed by atoms with van der Waals surface area (Å²) in [6, 6.07) is 22.9. The third-order valence-corrected chi connectivity index (χ3v) is 12.6. The third-order valence-electron chi connectivity index (χ3n) is 12.6. The van der Waals surface area contributed by atoms with Gasteiger partial charge in [-0.2, -0.15) is 5.10 Å². The highest BCUT2D eigenvalue weighted by atomic mass is 16.5. The molecular weight excluding hydrogens is 737 g/mol. The summed E-state index contributed by atoms with van der Waals surface area (Å²) >= 11 is 0. The van der Waals surface area contributed by atoms with Crippen LogP contribution in [0.5, 0.6) is 11.5 Å². The van der Waals surface area contributed by atoms with E-state index in [1.165, 1.54) is 0 Å². The zero-order valence-corrected chi connectivity index (χ0v) is 32.2. The van der Waals surface area contributed by atoms with Gasteiger partial charge in [-0.15, -0.1) is 0 Å². The fraction of sp³-hybridized carbons (Fsp3) is 0.395. The van der Waals surface area contributed by atoms with Crippen molar-refractivity contribution in [2.45, 2.75) is 50.2 Å². The highest BCUT2D eigenvalue weighted by molar-refractivity contribution is 6.23. The van der Waals surface area contributed by atoms with E-state index in [1.54, 1.807) is 12.1 Å². The fourth-order valence-corrected chi connectivity index (χ4v) is 9.59. The van der Waals surface area contributed by atoms with Gasteiger partial charge in [-0.05, 0) is 86.8 Å². The van der Waals surface area contributed by atoms with Crippen molar-refractivity contribution >= 4 is 41.0 Å². The van der Waals surface area contributed by atoms with Gasteiger partial charge in [0.25, 0.3) is 11.8 Å². The smallest absolute Gasteiger partial charge is 0.262 e. The third kappa shape index (κ3) is 6.57. The van der Waals surface area contributed by atoms with Crippen LogP contribution in [-0.4, -0.2) is 119 Å². The molecule has 298 valence electrons. The number of nitrogens with one attached hydrogen (secondary N) is 2. The van der Waals surface area contributed by atoms with E-state index in [1.807, 2.05) is 60.7 Å². The molecule has 0 spiro atoms. The van der Waals surface area contributed by atoms with Crippen LogP contribution in [0.2, 0.25) is 0 Å². The monoisotopic (exact) mass is 782 g/mol. The van der Waals surface area contributed by atoms with Gasteiger partial charge in [0.1, 0.15) is 41.6 Å². The maximum absolute atomic E-state index is 13.3. The first-order valence-corrected chi connectivity index (χ1v) is 20.3. The molecule has 0 bridgehead atoms. The molecule has 58 heavy (non-hydrogen) atoms. The summed E-state index contributed by atoms with van der Waals surface area (Å²) in [5, 5.41) is 10.9. The van der Waals surface area contributed by atoms with Gasteiger partial charge in [-0.3, -0.25) is 34.3 Å². The summed E-state index contributed by atoms with van der Waals surface area (Å²) in [7, 11) is 0. The maximum atomic E-state index is 13.3. The van der Waals surface area contributed by atoms with Crippen molar-refractivity contribution < 1.29 is 23.9 Å². The Bertz CT molecular complexity index is 2310. The average Bonchev–Trinajstić information content (AvgIpc) is 3.92. The first-order chi connectivity index (χ1) is 28.3. The largest absolute Gasteiger partial charge is 0.457 e. The summed E-state index contributed by atoms with van der Waals surface area (Å²) in [5.41, 5.74) is 10.7. The minimum absolute atomic E-state index is 0.101. The predicted molar refractivity (Wildman–Crippen MR) is 217 cm³/mol. The van der Waals surface area contributed by atoms with Crippen LogP contribution in [0.4, 0.5) is 11.5 Å². The molecule has 4 aromatic rings. The number of nitrogens with two attached hydrogens (primary N) is 1. The molecule has 7 heterocycles. The van der Waals surface area contributed by atoms with E-state index in [4.69, 9.17) is 15.6 Å². The lowest BCUT2D eigenvalue weighted by molar-refractivity contribution is -0.136. The Labute approximate surface area is 335 Å². The number of amides is 4. The number of aromatic nitrogens is 2. The Morgan fingerprint density at radius 3 is 2.31 bits per heavy atom. The molecule has 6 aliphatic rings. The Balaban J connectivity index is 0.725. The number of amidine groups is 1. The van der Waals surface area contributed by atoms with Crippen molar-refractivity contribution in [3.8, 4) is 22.8 Å². The highest BCUT2D eigenvalue weighted by Gasteiger charge is 2.45. The summed E-state index contributed by atoms with van der Waals surface area (Å²) in [4.78, 5) is 63.6. The Kier molecular flexibility index (Phi) is 9.20. The van der Waals surface area contributed by atoms with Gasteiger partial charge in [0.05, 0.1) is 22.7 Å². The molecule has 2 atom stereocenters. The van der Waals surface area contributed by atoms with Crippen LogP contribution in [0.25, 0.3) is 11.3 Å². The molecule has 15 heteroatoms. The van der Waals surface area contributed by atoms with Crippen LogP contribution >= 0.6 is 0 Å². The minimum Gasteiger partial charge on any atom is -0.457 e. The van der Waals surface area contributed by atoms with Crippen LogP contribution in [-0.2, 0) is 9.59 Å². The van der Waals surface area contributed by atoms with Crippen LogP contribution in [0.15, 0.2) is 77.8 Å². The topological polar surface area (TPSA) is 171 Å². The van der Waals surface area contributed by atoms with Gasteiger partial charge in [0.15, 0.2) is 0 Å². The highest BCUT2D eigenvalue weighted by Crippen LogP contribution is 2.38. The molecule has 0 aliphatic carbocycles. The SMILES string of the molecule is NC1=NCNc2c1c(-c1ccc(Oc3ccccc3)cc1)nn2C1CCN([C@H]2CCN(CC3CN(c4ccc5c(c4)C(=O)N(C4CCC(=O)NC4=O)C5=O)C3)C2)CC1. The number of piperidine rings is 2. The molecule has 15 nitrogen and oxygen atoms in total. The lowest BCUT2D eigenvalue weighted by Gasteiger charge is -2.43. The molecule has 1 unspecified atom stereocenters. The van der Waals surface area contributed by atoms with Crippen molar-refractivity contribution in [1.82, 2.24) is 29.8 Å². The van der Waals surface area contributed by atoms with Crippen molar-refractivity contribution in [2.75, 3.05) is 62.7 Å². The van der Waals surface area contributed by atoms with Crippen LogP contribution in [0.1, 0.15) is 64.4 Å². The lowest BCUT2D eigenvalue weighted by Crippen LogP contribution is -2.54. The van der Waals surface area contributed by atoms with Gasteiger partial charge >= 0.3 is 0 Å². The number of benzene rings is 3. The first-order valence-electron chi connectivity index (χ1n) is 20.3. The second-order valence-corrected chi connectivity index (χ2v) is 16.3. The number of nitrogens with zero attached hydrogens (tertiary/aromatic N) is 7. The van der Waals surface area contributed by atoms with Gasteiger partial charge in [-0.1, -0.05) is 18.2 Å². The molecule has 1 aromatic heterocycles. The van der Waals surface area contributed by atoms with E-state index < -0.39 is 23.8 Å². The number of fused-ring (bicyclic) bond motifs is 2. The maximum Gasteiger partial charge on any atom is 0.262 e. The molecule has 4 saturated heterocycles. The molecule has 0 saturated carbocycles. The molecule has 4 amide bonds. The standard InChI is InChI=1S/C43H46N10O5/c44-39-37-38(27-6-9-32(10-7-27)58-31-4-2-1-3-5-31)48-53(40(37)46-25-45-39)28-15-18-50(19-16-28)30-14-17-49(24-30)21-26-22-51(23-26)29-8-11-33-34(20-29)43(57)52(42(33)56)35-12-13-36(54)47-41(35)55/h1-11,20,26,28,30,35,46H,12-19,21-25H2,(H2,44,45)(H,47,54,55)/t30-,35?/m0/s1. The predicted octanol–water partition coefficient (Wildman–Crippen LogP) is 3.68. The van der Waals surface area contributed by atoms with E-state index in [2.05, 4.69) is 35.0 Å². The Hall–Kier alpha value is -6.06. The second-order valence-electron chi connectivity index (χ2n) is 16.3. The number of imide groups is 2. The molecule has 6 aliphatic heterocycles. The lowest BCUT2D eigenvalue weighted by atomic mass is 9.97. The molecular formula is C43H46N10O5. The van der Waals surface area contributed by atoms with E-state index in [0.717, 1.165) is 110 Å². The summed E-state index contributed by atoms with van der Waals surface area (Å²) < 4.78 is 8.18. The zero-order valence-electron chi connectivity index (χ0n) is 32.2. The second kappa shape index (κ2) is 14.7. The number of likely N-dealkylation sites (tertiary alicyclic amines) is 2. The van der Waals surface area contributed by atoms with Crippen molar-refractivity contribution in [3.63, 3.8) is 0 Å². The number of aliphatic imine (C=N–C) groups is 1. The van der Waals surface area contributed by atoms with Crippen LogP contribution < -0.4 is 26.0 Å². The number of rotatable bonds is 9. The normalized spacial score (nSPS) is 23.0. The number of hydrogen-bond donors (Lipinski definition) is 3. The summed E-state index contributed by atoms with van der Waals surface area (Å²) in [6.45, 7) is 7.41. The Morgan fingerprint density at radius 2 is 1.53 bits per heavy atom. The Morgan fingerprint density at radius 1 is 0.793 bits per heavy atom. The van der Waals surface area contributed by atoms with Crippen LogP contribution in [0, 0.1) is 5.92 Å². The molecule has 4 fully saturated rings. The number of ether oxygens (including phenoxy) is 1. The van der Waals surface area contributed by atoms with Crippen LogP contribution in [0.3, 0.4) is 0 Å². The number of carbonyl (C=O) groups is 4. The van der Waals surface area contributed by atoms with Crippen molar-refractivity contribution in [1.29, 1.82) is 0 Å².